The van der Waals surface area contributed by atoms with E-state index in [4.69, 9.17) is 9.47 Å². The summed E-state index contributed by atoms with van der Waals surface area (Å²) in [5.74, 6) is -0.574. The van der Waals surface area contributed by atoms with Crippen molar-refractivity contribution in [2.75, 3.05) is 14.2 Å². The molecule has 4 aromatic heterocycles. The molecule has 0 atom stereocenters. The standard InChI is InChI=1S/C19H16O2S.C18H14O2S.C18H16S.C17H14S.8C2H6/c1-13-16(14-9-5-3-6-10-14)17(15-11-7-4-8-12-15)18(22-13)19(20)21-2;1-20-18(19)17-16(14-10-6-3-7-11-14)15(12-21-17)13-8-4-2-5-9-13;1-13-17(15-9-5-3-6-10-15)18(14(2)19-13)16-11-7-4-8-12-16;1-13-17(15-10-6-3-7-11-15)16(12-18-13)14-8-4-2-5-9-14;8*1-2/h3-12H,1-2H3;2-12H,1H3;3-12H,1-2H3;2-12H,1H3;8*1-2H3. The van der Waals surface area contributed by atoms with E-state index in [-0.39, 0.29) is 11.9 Å². The minimum absolute atomic E-state index is 0.283. The normalized spacial score (nSPS) is 9.23. The summed E-state index contributed by atoms with van der Waals surface area (Å²) in [6, 6.07) is 82.8. The van der Waals surface area contributed by atoms with E-state index in [0.717, 1.165) is 49.4 Å². The average Bonchev–Trinajstić information content (AvgIpc) is 1.64. The smallest absolute Gasteiger partial charge is 0.348 e. The van der Waals surface area contributed by atoms with Gasteiger partial charge in [0.2, 0.25) is 0 Å². The molecule has 0 saturated carbocycles. The number of carbonyl (C=O) groups excluding carboxylic acids is 2. The lowest BCUT2D eigenvalue weighted by molar-refractivity contribution is 0.0598. The van der Waals surface area contributed by atoms with Gasteiger partial charge in [-0.3, -0.25) is 0 Å². The average molecular weight is 1360 g/mol. The monoisotopic (exact) mass is 1360 g/mol. The summed E-state index contributed by atoms with van der Waals surface area (Å²) < 4.78 is 9.89. The van der Waals surface area contributed by atoms with Crippen LogP contribution in [-0.4, -0.2) is 26.2 Å². The van der Waals surface area contributed by atoms with Crippen molar-refractivity contribution in [3.63, 3.8) is 0 Å². The molecule has 0 fully saturated rings. The van der Waals surface area contributed by atoms with Crippen molar-refractivity contribution >= 4 is 57.3 Å². The van der Waals surface area contributed by atoms with Gasteiger partial charge in [-0.25, -0.2) is 9.59 Å². The zero-order valence-electron chi connectivity index (χ0n) is 61.5. The van der Waals surface area contributed by atoms with E-state index in [2.05, 4.69) is 172 Å². The molecule has 96 heavy (non-hydrogen) atoms. The minimum Gasteiger partial charge on any atom is -0.465 e. The van der Waals surface area contributed by atoms with Crippen molar-refractivity contribution < 1.29 is 19.1 Å². The molecule has 8 heteroatoms. The molecule has 12 aromatic rings. The van der Waals surface area contributed by atoms with Gasteiger partial charge in [-0.15, -0.1) is 45.3 Å². The number of benzene rings is 8. The molecule has 0 radical (unpaired) electrons. The predicted octanol–water partition coefficient (Wildman–Crippen LogP) is 29.3. The zero-order valence-corrected chi connectivity index (χ0v) is 64.8. The maximum atomic E-state index is 12.2. The molecule has 0 aliphatic carbocycles. The SMILES string of the molecule is CC.CC.CC.CC.CC.CC.CC.CC.COC(=O)c1sc(C)c(-c2ccccc2)c1-c1ccccc1.COC(=O)c1scc(-c2ccccc2)c1-c1ccccc1.Cc1sc(C)c(-c2ccccc2)c1-c1ccccc1.Cc1scc(-c2ccccc2)c1-c1ccccc1. The van der Waals surface area contributed by atoms with Gasteiger partial charge in [0.1, 0.15) is 9.75 Å². The van der Waals surface area contributed by atoms with Crippen LogP contribution in [0.2, 0.25) is 0 Å². The topological polar surface area (TPSA) is 52.6 Å². The lowest BCUT2D eigenvalue weighted by Gasteiger charge is -2.08. The maximum absolute atomic E-state index is 12.2. The van der Waals surface area contributed by atoms with Crippen molar-refractivity contribution in [1.82, 2.24) is 0 Å². The molecule has 4 heterocycles. The molecule has 0 aliphatic rings. The first kappa shape index (κ1) is 85.5. The van der Waals surface area contributed by atoms with Crippen LogP contribution in [0.5, 0.6) is 0 Å². The first-order chi connectivity index (χ1) is 47.2. The van der Waals surface area contributed by atoms with E-state index in [9.17, 15) is 9.59 Å². The number of carbonyl (C=O) groups is 2. The van der Waals surface area contributed by atoms with E-state index >= 15 is 0 Å². The van der Waals surface area contributed by atoms with E-state index in [1.54, 1.807) is 0 Å². The van der Waals surface area contributed by atoms with Crippen LogP contribution in [0, 0.1) is 27.7 Å². The highest BCUT2D eigenvalue weighted by molar-refractivity contribution is 7.15. The third kappa shape index (κ3) is 24.6. The van der Waals surface area contributed by atoms with Gasteiger partial charge in [-0.05, 0) is 77.6 Å². The molecule has 4 nitrogen and oxygen atoms in total. The fraction of sp³-hybridized carbons (Fsp3) is 0.250. The molecule has 508 valence electrons. The molecule has 0 saturated heterocycles. The van der Waals surface area contributed by atoms with Crippen LogP contribution >= 0.6 is 45.3 Å². The Morgan fingerprint density at radius 2 is 0.458 bits per heavy atom. The van der Waals surface area contributed by atoms with Gasteiger partial charge in [0.05, 0.1) is 14.2 Å². The molecule has 0 bridgehead atoms. The molecule has 0 amide bonds. The minimum atomic E-state index is -0.291. The Labute approximate surface area is 596 Å². The molecule has 12 rings (SSSR count). The maximum Gasteiger partial charge on any atom is 0.348 e. The summed E-state index contributed by atoms with van der Waals surface area (Å²) >= 11 is 6.62. The van der Waals surface area contributed by atoms with Crippen molar-refractivity contribution in [3.05, 3.63) is 283 Å². The molecule has 0 unspecified atom stereocenters. The van der Waals surface area contributed by atoms with Crippen LogP contribution < -0.4 is 0 Å². The van der Waals surface area contributed by atoms with Crippen LogP contribution in [0.15, 0.2) is 253 Å². The van der Waals surface area contributed by atoms with E-state index in [0.29, 0.717) is 9.75 Å². The number of hydrogen-bond donors (Lipinski definition) is 0. The Hall–Kier alpha value is -8.50. The molecule has 0 aliphatic heterocycles. The molecular weight excluding hydrogens is 1250 g/mol. The highest BCUT2D eigenvalue weighted by Crippen LogP contribution is 2.45. The van der Waals surface area contributed by atoms with Gasteiger partial charge in [0.15, 0.2) is 0 Å². The second kappa shape index (κ2) is 50.9. The first-order valence-electron chi connectivity index (χ1n) is 34.2. The van der Waals surface area contributed by atoms with E-state index in [1.165, 1.54) is 96.0 Å². The molecule has 8 aromatic carbocycles. The van der Waals surface area contributed by atoms with Gasteiger partial charge in [0, 0.05) is 69.4 Å². The Bertz CT molecular complexity index is 3830. The Balaban J connectivity index is 0.000000598. The third-order valence-electron chi connectivity index (χ3n) is 13.4. The quantitative estimate of drug-likeness (QED) is 0.128. The molecule has 0 spiro atoms. The van der Waals surface area contributed by atoms with Crippen molar-refractivity contribution in [3.8, 4) is 89.0 Å². The van der Waals surface area contributed by atoms with Gasteiger partial charge in [-0.1, -0.05) is 353 Å². The summed E-state index contributed by atoms with van der Waals surface area (Å²) in [5.41, 5.74) is 19.0. The summed E-state index contributed by atoms with van der Waals surface area (Å²) in [4.78, 5) is 30.8. The largest absolute Gasteiger partial charge is 0.465 e. The summed E-state index contributed by atoms with van der Waals surface area (Å²) in [7, 11) is 2.84. The highest BCUT2D eigenvalue weighted by Gasteiger charge is 2.24. The summed E-state index contributed by atoms with van der Waals surface area (Å²) in [5, 5.41) is 4.27. The number of thiophene rings is 4. The first-order valence-corrected chi connectivity index (χ1v) is 37.6. The number of esters is 2. The van der Waals surface area contributed by atoms with Crippen molar-refractivity contribution in [1.29, 1.82) is 0 Å². The fourth-order valence-electron chi connectivity index (χ4n) is 9.77. The van der Waals surface area contributed by atoms with E-state index < -0.39 is 0 Å². The van der Waals surface area contributed by atoms with Gasteiger partial charge in [0.25, 0.3) is 0 Å². The van der Waals surface area contributed by atoms with Crippen LogP contribution in [0.4, 0.5) is 0 Å². The van der Waals surface area contributed by atoms with Gasteiger partial charge in [-0.2, -0.15) is 0 Å². The van der Waals surface area contributed by atoms with Gasteiger partial charge < -0.3 is 9.47 Å². The van der Waals surface area contributed by atoms with Crippen molar-refractivity contribution in [2.24, 2.45) is 0 Å². The Kier molecular flexibility index (Phi) is 45.3. The predicted molar refractivity (Wildman–Crippen MR) is 433 cm³/mol. The second-order valence-electron chi connectivity index (χ2n) is 18.5. The number of hydrogen-bond acceptors (Lipinski definition) is 8. The Morgan fingerprint density at radius 1 is 0.240 bits per heavy atom. The van der Waals surface area contributed by atoms with Crippen LogP contribution in [0.3, 0.4) is 0 Å². The van der Waals surface area contributed by atoms with Gasteiger partial charge >= 0.3 is 11.9 Å². The van der Waals surface area contributed by atoms with Crippen molar-refractivity contribution in [2.45, 2.75) is 138 Å². The summed E-state index contributed by atoms with van der Waals surface area (Å²) in [6.07, 6.45) is 0. The lowest BCUT2D eigenvalue weighted by atomic mass is 9.95. The number of ether oxygens (including phenoxy) is 2. The fourth-order valence-corrected chi connectivity index (χ4v) is 13.9. The number of aryl methyl sites for hydroxylation is 4. The summed E-state index contributed by atoms with van der Waals surface area (Å²) in [6.45, 7) is 40.7. The highest BCUT2D eigenvalue weighted by atomic mass is 32.1. The van der Waals surface area contributed by atoms with Crippen LogP contribution in [-0.2, 0) is 9.47 Å². The zero-order chi connectivity index (χ0) is 71.8. The third-order valence-corrected chi connectivity index (χ3v) is 17.4. The number of methoxy groups -OCH3 is 2. The van der Waals surface area contributed by atoms with E-state index in [1.807, 2.05) is 243 Å². The number of rotatable bonds is 10. The molecule has 0 N–H and O–H groups in total. The van der Waals surface area contributed by atoms with Crippen LogP contribution in [0.1, 0.15) is 150 Å². The van der Waals surface area contributed by atoms with Crippen LogP contribution in [0.25, 0.3) is 89.0 Å². The Morgan fingerprint density at radius 3 is 0.760 bits per heavy atom. The molecular formula is C88H108O4S4. The lowest BCUT2D eigenvalue weighted by Crippen LogP contribution is -2.00. The second-order valence-corrected chi connectivity index (χ2v) is 23.2.